The quantitative estimate of drug-likeness (QED) is 0.279. The number of hydrogen-bond acceptors (Lipinski definition) is 4. The van der Waals surface area contributed by atoms with Gasteiger partial charge in [-0.3, -0.25) is 0 Å². The van der Waals surface area contributed by atoms with Crippen LogP contribution in [-0.4, -0.2) is 32.2 Å². The van der Waals surface area contributed by atoms with Crippen LogP contribution in [0.25, 0.3) is 0 Å². The summed E-state index contributed by atoms with van der Waals surface area (Å²) in [5.74, 6) is -1.25. The standard InChI is InChI=1S/C13H12F7NO3/c14-11(15)23-9-3-2-8(6-10(9)24-12(16)17)7-21-22-5-1-4-13(18,19)20/h2-3,6-7,11-12H,1,4-5H2. The SMILES string of the molecule is FC(F)Oc1ccc(C=NOCCCC(F)(F)F)cc1OC(F)F. The van der Waals surface area contributed by atoms with Gasteiger partial charge in [-0.05, 0) is 24.6 Å². The lowest BCUT2D eigenvalue weighted by molar-refractivity contribution is -0.137. The van der Waals surface area contributed by atoms with Gasteiger partial charge in [-0.25, -0.2) is 0 Å². The Morgan fingerprint density at radius 3 is 2.21 bits per heavy atom. The van der Waals surface area contributed by atoms with Crippen LogP contribution in [-0.2, 0) is 4.84 Å². The van der Waals surface area contributed by atoms with E-state index < -0.39 is 37.3 Å². The third kappa shape index (κ3) is 8.44. The second-order valence-corrected chi connectivity index (χ2v) is 4.25. The molecule has 0 aromatic heterocycles. The van der Waals surface area contributed by atoms with Crippen molar-refractivity contribution >= 4 is 6.21 Å². The van der Waals surface area contributed by atoms with E-state index in [0.29, 0.717) is 0 Å². The van der Waals surface area contributed by atoms with Crippen molar-refractivity contribution in [2.75, 3.05) is 6.61 Å². The lowest BCUT2D eigenvalue weighted by Gasteiger charge is -2.11. The van der Waals surface area contributed by atoms with Crippen molar-refractivity contribution in [3.63, 3.8) is 0 Å². The molecule has 0 spiro atoms. The van der Waals surface area contributed by atoms with E-state index in [0.717, 1.165) is 18.3 Å². The van der Waals surface area contributed by atoms with Gasteiger partial charge < -0.3 is 14.3 Å². The third-order valence-electron chi connectivity index (χ3n) is 2.37. The number of hydrogen-bond donors (Lipinski definition) is 0. The zero-order chi connectivity index (χ0) is 18.2. The zero-order valence-electron chi connectivity index (χ0n) is 11.9. The number of rotatable bonds is 9. The number of nitrogens with zero attached hydrogens (tertiary/aromatic N) is 1. The summed E-state index contributed by atoms with van der Waals surface area (Å²) in [4.78, 5) is 4.58. The average molecular weight is 363 g/mol. The molecule has 0 fully saturated rings. The van der Waals surface area contributed by atoms with Gasteiger partial charge in [-0.1, -0.05) is 5.16 Å². The van der Waals surface area contributed by atoms with Crippen LogP contribution in [0.3, 0.4) is 0 Å². The first-order valence-corrected chi connectivity index (χ1v) is 6.43. The van der Waals surface area contributed by atoms with E-state index in [1.165, 1.54) is 6.07 Å². The smallest absolute Gasteiger partial charge is 0.389 e. The topological polar surface area (TPSA) is 40.0 Å². The van der Waals surface area contributed by atoms with Crippen LogP contribution in [0.15, 0.2) is 23.4 Å². The summed E-state index contributed by atoms with van der Waals surface area (Å²) in [7, 11) is 0. The predicted molar refractivity (Wildman–Crippen MR) is 68.5 cm³/mol. The lowest BCUT2D eigenvalue weighted by Crippen LogP contribution is -2.08. The number of halogens is 7. The zero-order valence-corrected chi connectivity index (χ0v) is 11.9. The molecule has 0 bridgehead atoms. The number of oxime groups is 1. The fourth-order valence-corrected chi connectivity index (χ4v) is 1.47. The molecule has 24 heavy (non-hydrogen) atoms. The molecule has 1 rings (SSSR count). The average Bonchev–Trinajstić information content (AvgIpc) is 2.43. The van der Waals surface area contributed by atoms with E-state index in [2.05, 4.69) is 19.5 Å². The van der Waals surface area contributed by atoms with Crippen LogP contribution in [0, 0.1) is 0 Å². The molecule has 0 saturated heterocycles. The van der Waals surface area contributed by atoms with Gasteiger partial charge in [-0.15, -0.1) is 0 Å². The van der Waals surface area contributed by atoms with Crippen molar-refractivity contribution in [2.24, 2.45) is 5.16 Å². The Hall–Kier alpha value is -2.20. The summed E-state index contributed by atoms with van der Waals surface area (Å²) in [6.07, 6.45) is -4.64. The highest BCUT2D eigenvalue weighted by molar-refractivity contribution is 5.80. The number of benzene rings is 1. The highest BCUT2D eigenvalue weighted by atomic mass is 19.4. The van der Waals surface area contributed by atoms with Gasteiger partial charge in [0.25, 0.3) is 0 Å². The van der Waals surface area contributed by atoms with Crippen molar-refractivity contribution in [3.05, 3.63) is 23.8 Å². The molecule has 0 aliphatic rings. The third-order valence-corrected chi connectivity index (χ3v) is 2.37. The van der Waals surface area contributed by atoms with Crippen LogP contribution in [0.5, 0.6) is 11.5 Å². The van der Waals surface area contributed by atoms with Gasteiger partial charge in [0.2, 0.25) is 0 Å². The van der Waals surface area contributed by atoms with Crippen molar-refractivity contribution in [1.29, 1.82) is 0 Å². The number of ether oxygens (including phenoxy) is 2. The second kappa shape index (κ2) is 9.18. The number of alkyl halides is 7. The highest BCUT2D eigenvalue weighted by Crippen LogP contribution is 2.30. The fraction of sp³-hybridized carbons (Fsp3) is 0.462. The van der Waals surface area contributed by atoms with Gasteiger partial charge in [-0.2, -0.15) is 30.7 Å². The molecule has 11 heteroatoms. The second-order valence-electron chi connectivity index (χ2n) is 4.25. The summed E-state index contributed by atoms with van der Waals surface area (Å²) in [5, 5.41) is 3.35. The molecule has 0 aliphatic heterocycles. The molecule has 0 N–H and O–H groups in total. The monoisotopic (exact) mass is 363 g/mol. The van der Waals surface area contributed by atoms with Gasteiger partial charge in [0.15, 0.2) is 11.5 Å². The first kappa shape index (κ1) is 19.8. The Labute approximate surface area is 131 Å². The van der Waals surface area contributed by atoms with Crippen molar-refractivity contribution < 1.29 is 45.0 Å². The van der Waals surface area contributed by atoms with Crippen LogP contribution in [0.4, 0.5) is 30.7 Å². The Kier molecular flexibility index (Phi) is 7.59. The Balaban J connectivity index is 2.63. The predicted octanol–water partition coefficient (Wildman–Crippen LogP) is 4.58. The molecule has 136 valence electrons. The molecule has 0 atom stereocenters. The minimum absolute atomic E-state index is 0.128. The molecular formula is C13H12F7NO3. The molecule has 0 radical (unpaired) electrons. The summed E-state index contributed by atoms with van der Waals surface area (Å²) >= 11 is 0. The van der Waals surface area contributed by atoms with Crippen LogP contribution in [0.1, 0.15) is 18.4 Å². The van der Waals surface area contributed by atoms with E-state index in [9.17, 15) is 30.7 Å². The van der Waals surface area contributed by atoms with Gasteiger partial charge in [0.1, 0.15) is 6.61 Å². The minimum atomic E-state index is -4.30. The van der Waals surface area contributed by atoms with Gasteiger partial charge in [0.05, 0.1) is 6.21 Å². The van der Waals surface area contributed by atoms with E-state index in [1.807, 2.05) is 0 Å². The van der Waals surface area contributed by atoms with Crippen LogP contribution < -0.4 is 9.47 Å². The maximum atomic E-state index is 12.2. The van der Waals surface area contributed by atoms with E-state index in [4.69, 9.17) is 0 Å². The summed E-state index contributed by atoms with van der Waals surface area (Å²) in [6, 6.07) is 3.08. The Morgan fingerprint density at radius 2 is 1.62 bits per heavy atom. The maximum absolute atomic E-state index is 12.2. The minimum Gasteiger partial charge on any atom is -0.431 e. The largest absolute Gasteiger partial charge is 0.431 e. The molecule has 0 unspecified atom stereocenters. The van der Waals surface area contributed by atoms with E-state index in [1.54, 1.807) is 0 Å². The first-order chi connectivity index (χ1) is 11.2. The molecule has 4 nitrogen and oxygen atoms in total. The molecule has 0 amide bonds. The normalized spacial score (nSPS) is 12.2. The fourth-order valence-electron chi connectivity index (χ4n) is 1.47. The van der Waals surface area contributed by atoms with Crippen molar-refractivity contribution in [2.45, 2.75) is 32.2 Å². The van der Waals surface area contributed by atoms with Crippen LogP contribution in [0.2, 0.25) is 0 Å². The molecule has 1 aromatic carbocycles. The van der Waals surface area contributed by atoms with Crippen molar-refractivity contribution in [1.82, 2.24) is 0 Å². The lowest BCUT2D eigenvalue weighted by atomic mass is 10.2. The van der Waals surface area contributed by atoms with E-state index >= 15 is 0 Å². The summed E-state index contributed by atoms with van der Waals surface area (Å²) in [5.41, 5.74) is 0.128. The molecular weight excluding hydrogens is 351 g/mol. The van der Waals surface area contributed by atoms with Crippen LogP contribution >= 0.6 is 0 Å². The molecule has 0 aliphatic carbocycles. The maximum Gasteiger partial charge on any atom is 0.389 e. The summed E-state index contributed by atoms with van der Waals surface area (Å²) in [6.45, 7) is -6.81. The molecule has 0 saturated carbocycles. The summed E-state index contributed by atoms with van der Waals surface area (Å²) < 4.78 is 92.5. The van der Waals surface area contributed by atoms with E-state index in [-0.39, 0.29) is 18.6 Å². The van der Waals surface area contributed by atoms with Gasteiger partial charge in [0, 0.05) is 12.0 Å². The molecule has 1 aromatic rings. The first-order valence-electron chi connectivity index (χ1n) is 6.43. The van der Waals surface area contributed by atoms with Gasteiger partial charge >= 0.3 is 19.4 Å². The Bertz CT molecular complexity index is 535. The highest BCUT2D eigenvalue weighted by Gasteiger charge is 2.26. The van der Waals surface area contributed by atoms with Crippen molar-refractivity contribution in [3.8, 4) is 11.5 Å². The molecule has 0 heterocycles. The Morgan fingerprint density at radius 1 is 1.00 bits per heavy atom.